The maximum absolute atomic E-state index is 12.5. The molecule has 8 heteroatoms. The summed E-state index contributed by atoms with van der Waals surface area (Å²) in [5.41, 5.74) is 0. The first-order valence-electron chi connectivity index (χ1n) is 9.79. The fraction of sp³-hybridized carbons (Fsp3) is 0.944. The number of nitrogens with zero attached hydrogens (tertiary/aromatic N) is 3. The number of hydrogen-bond donors (Lipinski definition) is 2. The van der Waals surface area contributed by atoms with E-state index in [4.69, 9.17) is 0 Å². The van der Waals surface area contributed by atoms with E-state index in [2.05, 4.69) is 34.6 Å². The summed E-state index contributed by atoms with van der Waals surface area (Å²) >= 11 is 0. The van der Waals surface area contributed by atoms with E-state index in [1.807, 2.05) is 6.92 Å². The van der Waals surface area contributed by atoms with Crippen molar-refractivity contribution in [1.82, 2.24) is 20.4 Å². The molecule has 0 bridgehead atoms. The predicted molar refractivity (Wildman–Crippen MR) is 102 cm³/mol. The van der Waals surface area contributed by atoms with Crippen LogP contribution in [0.4, 0.5) is 13.2 Å². The van der Waals surface area contributed by atoms with Gasteiger partial charge in [-0.1, -0.05) is 19.3 Å². The fourth-order valence-electron chi connectivity index (χ4n) is 3.12. The van der Waals surface area contributed by atoms with Crippen LogP contribution in [0.3, 0.4) is 0 Å². The lowest BCUT2D eigenvalue weighted by Crippen LogP contribution is -2.45. The third-order valence-corrected chi connectivity index (χ3v) is 4.39. The Balaban J connectivity index is 2.23. The molecule has 1 aliphatic rings. The van der Waals surface area contributed by atoms with Crippen LogP contribution in [0.5, 0.6) is 0 Å². The summed E-state index contributed by atoms with van der Waals surface area (Å²) in [6.07, 6.45) is 2.51. The van der Waals surface area contributed by atoms with Crippen LogP contribution in [-0.2, 0) is 0 Å². The minimum atomic E-state index is -4.12. The summed E-state index contributed by atoms with van der Waals surface area (Å²) in [4.78, 5) is 8.23. The summed E-state index contributed by atoms with van der Waals surface area (Å²) in [6, 6.07) is 0.0289. The Morgan fingerprint density at radius 2 is 1.85 bits per heavy atom. The lowest BCUT2D eigenvalue weighted by Gasteiger charge is -2.19. The van der Waals surface area contributed by atoms with Crippen LogP contribution in [0.2, 0.25) is 0 Å². The summed E-state index contributed by atoms with van der Waals surface area (Å²) < 4.78 is 37.4. The quantitative estimate of drug-likeness (QED) is 0.329. The Morgan fingerprint density at radius 3 is 2.50 bits per heavy atom. The van der Waals surface area contributed by atoms with Crippen LogP contribution in [0.1, 0.15) is 45.4 Å². The number of likely N-dealkylation sites (tertiary alicyclic amines) is 1. The van der Waals surface area contributed by atoms with Gasteiger partial charge in [-0.25, -0.2) is 0 Å². The topological polar surface area (TPSA) is 42.9 Å². The summed E-state index contributed by atoms with van der Waals surface area (Å²) in [7, 11) is 4.19. The largest absolute Gasteiger partial charge is 0.401 e. The van der Waals surface area contributed by atoms with Gasteiger partial charge >= 0.3 is 6.18 Å². The highest BCUT2D eigenvalue weighted by Crippen LogP contribution is 2.19. The molecule has 26 heavy (non-hydrogen) atoms. The Labute approximate surface area is 156 Å². The lowest BCUT2D eigenvalue weighted by molar-refractivity contribution is -0.143. The van der Waals surface area contributed by atoms with Gasteiger partial charge < -0.3 is 15.5 Å². The second kappa shape index (κ2) is 12.4. The minimum Gasteiger partial charge on any atom is -0.357 e. The average Bonchev–Trinajstić information content (AvgIpc) is 2.94. The Kier molecular flexibility index (Phi) is 11.0. The SMILES string of the molecule is CCNC(=NCCCCCCCN(C)C)NC1CCN(CC(F)(F)F)C1. The first-order chi connectivity index (χ1) is 12.3. The van der Waals surface area contributed by atoms with Crippen LogP contribution < -0.4 is 10.6 Å². The normalized spacial score (nSPS) is 19.3. The number of hydrogen-bond acceptors (Lipinski definition) is 3. The molecule has 0 aromatic rings. The smallest absolute Gasteiger partial charge is 0.357 e. The van der Waals surface area contributed by atoms with Crippen molar-refractivity contribution in [3.8, 4) is 0 Å². The van der Waals surface area contributed by atoms with Crippen molar-refractivity contribution < 1.29 is 13.2 Å². The molecule has 5 nitrogen and oxygen atoms in total. The van der Waals surface area contributed by atoms with Gasteiger partial charge in [-0.3, -0.25) is 9.89 Å². The van der Waals surface area contributed by atoms with E-state index in [9.17, 15) is 13.2 Å². The van der Waals surface area contributed by atoms with Crippen LogP contribution in [0.15, 0.2) is 4.99 Å². The van der Waals surface area contributed by atoms with E-state index in [-0.39, 0.29) is 6.04 Å². The maximum Gasteiger partial charge on any atom is 0.401 e. The second-order valence-electron chi connectivity index (χ2n) is 7.31. The van der Waals surface area contributed by atoms with Gasteiger partial charge in [-0.15, -0.1) is 0 Å². The third-order valence-electron chi connectivity index (χ3n) is 4.39. The number of guanidine groups is 1. The van der Waals surface area contributed by atoms with E-state index < -0.39 is 12.7 Å². The number of halogens is 3. The van der Waals surface area contributed by atoms with Gasteiger partial charge in [0.05, 0.1) is 6.54 Å². The van der Waals surface area contributed by atoms with Gasteiger partial charge in [-0.05, 0) is 46.8 Å². The van der Waals surface area contributed by atoms with E-state index >= 15 is 0 Å². The molecule has 1 rings (SSSR count). The monoisotopic (exact) mass is 379 g/mol. The van der Waals surface area contributed by atoms with E-state index in [1.165, 1.54) is 30.6 Å². The van der Waals surface area contributed by atoms with Gasteiger partial charge in [0.1, 0.15) is 0 Å². The van der Waals surface area contributed by atoms with Crippen LogP contribution in [0, 0.1) is 0 Å². The van der Waals surface area contributed by atoms with Gasteiger partial charge in [0.25, 0.3) is 0 Å². The highest BCUT2D eigenvalue weighted by Gasteiger charge is 2.34. The fourth-order valence-corrected chi connectivity index (χ4v) is 3.12. The Bertz CT molecular complexity index is 399. The number of unbranched alkanes of at least 4 members (excludes halogenated alkanes) is 4. The van der Waals surface area contributed by atoms with Gasteiger partial charge in [0.2, 0.25) is 0 Å². The molecule has 1 atom stereocenters. The molecule has 0 spiro atoms. The van der Waals surface area contributed by atoms with Crippen molar-refractivity contribution in [1.29, 1.82) is 0 Å². The standard InChI is InChI=1S/C18H36F3N5/c1-4-22-17(23-11-8-6-5-7-9-12-25(2)3)24-16-10-13-26(14-16)15-18(19,20)21/h16H,4-15H2,1-3H3,(H2,22,23,24). The number of nitrogens with one attached hydrogen (secondary N) is 2. The summed E-state index contributed by atoms with van der Waals surface area (Å²) in [5, 5.41) is 6.47. The van der Waals surface area contributed by atoms with E-state index in [0.717, 1.165) is 32.0 Å². The molecule has 1 unspecified atom stereocenters. The molecule has 0 aliphatic carbocycles. The molecule has 0 radical (unpaired) electrons. The van der Waals surface area contributed by atoms with Crippen molar-refractivity contribution in [3.63, 3.8) is 0 Å². The molecule has 0 aromatic heterocycles. The van der Waals surface area contributed by atoms with Gasteiger partial charge in [0, 0.05) is 32.2 Å². The minimum absolute atomic E-state index is 0.0289. The van der Waals surface area contributed by atoms with Crippen LogP contribution in [-0.4, -0.2) is 81.3 Å². The van der Waals surface area contributed by atoms with Gasteiger partial charge in [-0.2, -0.15) is 13.2 Å². The first kappa shape index (κ1) is 23.0. The molecule has 1 fully saturated rings. The molecule has 1 aliphatic heterocycles. The molecule has 0 saturated carbocycles. The average molecular weight is 380 g/mol. The predicted octanol–water partition coefficient (Wildman–Crippen LogP) is 2.69. The number of alkyl halides is 3. The first-order valence-corrected chi connectivity index (χ1v) is 9.79. The maximum atomic E-state index is 12.5. The Hall–Kier alpha value is -1.02. The molecule has 154 valence electrons. The van der Waals surface area contributed by atoms with Crippen molar-refractivity contribution in [2.24, 2.45) is 4.99 Å². The zero-order valence-corrected chi connectivity index (χ0v) is 16.5. The molecular weight excluding hydrogens is 343 g/mol. The highest BCUT2D eigenvalue weighted by molar-refractivity contribution is 5.80. The van der Waals surface area contributed by atoms with Crippen molar-refractivity contribution in [2.45, 2.75) is 57.7 Å². The number of rotatable bonds is 11. The molecular formula is C18H36F3N5. The second-order valence-corrected chi connectivity index (χ2v) is 7.31. The summed E-state index contributed by atoms with van der Waals surface area (Å²) in [6.45, 7) is 4.69. The van der Waals surface area contributed by atoms with Crippen molar-refractivity contribution in [2.75, 3.05) is 53.4 Å². The Morgan fingerprint density at radius 1 is 1.15 bits per heavy atom. The zero-order chi connectivity index (χ0) is 19.4. The molecule has 2 N–H and O–H groups in total. The molecule has 0 amide bonds. The van der Waals surface area contributed by atoms with E-state index in [1.54, 1.807) is 0 Å². The molecule has 0 aromatic carbocycles. The highest BCUT2D eigenvalue weighted by atomic mass is 19.4. The van der Waals surface area contributed by atoms with Crippen molar-refractivity contribution >= 4 is 5.96 Å². The lowest BCUT2D eigenvalue weighted by atomic mass is 10.1. The molecule has 1 saturated heterocycles. The zero-order valence-electron chi connectivity index (χ0n) is 16.5. The van der Waals surface area contributed by atoms with E-state index in [0.29, 0.717) is 19.5 Å². The molecule has 1 heterocycles. The number of aliphatic imine (C=N–C) groups is 1. The third kappa shape index (κ3) is 11.6. The van der Waals surface area contributed by atoms with Crippen molar-refractivity contribution in [3.05, 3.63) is 0 Å². The van der Waals surface area contributed by atoms with Gasteiger partial charge in [0.15, 0.2) is 5.96 Å². The van der Waals surface area contributed by atoms with Crippen LogP contribution in [0.25, 0.3) is 0 Å². The van der Waals surface area contributed by atoms with Crippen LogP contribution >= 0.6 is 0 Å². The summed E-state index contributed by atoms with van der Waals surface area (Å²) in [5.74, 6) is 0.721.